The van der Waals surface area contributed by atoms with Crippen LogP contribution >= 0.6 is 0 Å². The first-order valence-electron chi connectivity index (χ1n) is 43.1. The second-order valence-electron chi connectivity index (χ2n) is 30.2. The quantitative estimate of drug-likeness (QED) is 0.0174. The Balaban J connectivity index is 0.000000144. The number of carbonyl (C=O) groups is 6. The standard InChI is InChI=1S/C32H34N6O7.2C30H32N6O7/c1-3-33-32(40)37-28-25-29(35-18-34-28)38(19-36-25)30-27-26(44-24(45-27)15-14-20-10-6-5-7-11-20)23(43-30)17-41-16-21-12-8-9-13-22(21)31(39)42-4-2;2*1-3-31-30(38)35-25-22-26(33-16-32-25)36(17-34-22)27-24-23(42-29(43-24)18-10-6-5-7-11-18)21(41-27)15-39-14-19-12-8-9-13-20(19)28(37)40-4-2/h5-15,18-19,23-24,26-27,30H,3-4,16-17H2,1-2H3,(H2,33,34,35,37,40);2*5-13,16-17,21,23-24,27,29H,3-4,14-15H2,1-2H3,(H2,31,32,33,35,38)/b15-14+;;/t23?,24-,26?,27?,30?;2*21?,23?,24?,27?,29-/m000/s1. The van der Waals surface area contributed by atoms with E-state index in [1.165, 1.54) is 19.0 Å². The van der Waals surface area contributed by atoms with Crippen LogP contribution in [0.1, 0.15) is 137 Å². The Morgan fingerprint density at radius 2 is 0.656 bits per heavy atom. The molecule has 6 saturated heterocycles. The number of esters is 3. The molecule has 6 aromatic heterocycles. The zero-order chi connectivity index (χ0) is 90.7. The predicted molar refractivity (Wildman–Crippen MR) is 469 cm³/mol. The number of urea groups is 3. The van der Waals surface area contributed by atoms with Crippen LogP contribution in [0.4, 0.5) is 31.8 Å². The molecule has 0 radical (unpaired) electrons. The van der Waals surface area contributed by atoms with Crippen molar-refractivity contribution in [1.29, 1.82) is 0 Å². The van der Waals surface area contributed by atoms with Gasteiger partial charge in [0.25, 0.3) is 0 Å². The molecule has 0 spiro atoms. The molecule has 6 aromatic carbocycles. The highest BCUT2D eigenvalue weighted by atomic mass is 16.8. The number of nitrogens with one attached hydrogen (secondary N) is 6. The van der Waals surface area contributed by atoms with E-state index in [4.69, 9.17) is 71.1 Å². The first-order valence-corrected chi connectivity index (χ1v) is 43.1. The first-order chi connectivity index (χ1) is 64.2. The van der Waals surface area contributed by atoms with Gasteiger partial charge in [0.1, 0.15) is 73.9 Å². The summed E-state index contributed by atoms with van der Waals surface area (Å²) in [6.45, 7) is 14.0. The minimum Gasteiger partial charge on any atom is -0.462 e. The lowest BCUT2D eigenvalue weighted by atomic mass is 10.1. The molecule has 0 saturated carbocycles. The summed E-state index contributed by atoms with van der Waals surface area (Å²) < 4.78 is 96.9. The highest BCUT2D eigenvalue weighted by Crippen LogP contribution is 2.48. The molecule has 12 heterocycles. The monoisotopic (exact) mass is 1790 g/mol. The largest absolute Gasteiger partial charge is 0.462 e. The number of nitrogens with zero attached hydrogens (tertiary/aromatic N) is 12. The van der Waals surface area contributed by atoms with Crippen LogP contribution in [0.25, 0.3) is 39.6 Å². The SMILES string of the molecule is CCNC(=O)Nc1ncnc2c1ncn2C1OC(COCc2ccccc2C(=O)OCC)C2O[C@H](/C=C/c3ccccc3)OC21.CCNC(=O)Nc1ncnc2c1ncn2C1OC(COCc2ccccc2C(=O)OCC)C2O[C@H](c3ccccc3)OC21.CCNC(=O)Nc1ncnc2c1ncn2C1OC(COCc2ccccc2C(=O)OCC)C2O[C@H](c3ccccc3)OC21. The van der Waals surface area contributed by atoms with Crippen molar-refractivity contribution in [3.05, 3.63) is 258 Å². The van der Waals surface area contributed by atoms with E-state index in [2.05, 4.69) is 76.8 Å². The predicted octanol–water partition coefficient (Wildman–Crippen LogP) is 11.6. The molecule has 6 N–H and O–H groups in total. The topological polar surface area (TPSA) is 444 Å². The van der Waals surface area contributed by atoms with Crippen LogP contribution in [0.5, 0.6) is 0 Å². The average Bonchev–Trinajstić information content (AvgIpc) is 1.60. The zero-order valence-electron chi connectivity index (χ0n) is 72.3. The van der Waals surface area contributed by atoms with E-state index in [-0.39, 0.29) is 76.9 Å². The molecule has 6 aliphatic rings. The van der Waals surface area contributed by atoms with Gasteiger partial charge in [0.05, 0.1) is 95.1 Å². The summed E-state index contributed by atoms with van der Waals surface area (Å²) in [5.41, 5.74) is 8.86. The van der Waals surface area contributed by atoms with Crippen molar-refractivity contribution in [2.75, 3.05) is 75.2 Å². The van der Waals surface area contributed by atoms with Crippen LogP contribution in [-0.2, 0) is 90.9 Å². The van der Waals surface area contributed by atoms with Gasteiger partial charge >= 0.3 is 36.0 Å². The van der Waals surface area contributed by atoms with Crippen molar-refractivity contribution >= 4 is 93.0 Å². The van der Waals surface area contributed by atoms with Crippen molar-refractivity contribution in [2.45, 2.75) is 154 Å². The van der Waals surface area contributed by atoms with Gasteiger partial charge in [-0.05, 0) is 88.1 Å². The van der Waals surface area contributed by atoms with Crippen molar-refractivity contribution in [1.82, 2.24) is 74.5 Å². The molecule has 18 rings (SSSR count). The summed E-state index contributed by atoms with van der Waals surface area (Å²) in [7, 11) is 0. The molecule has 131 heavy (non-hydrogen) atoms. The van der Waals surface area contributed by atoms with E-state index >= 15 is 0 Å². The lowest BCUT2D eigenvalue weighted by Crippen LogP contribution is -2.32. The first kappa shape index (κ1) is 90.8. The van der Waals surface area contributed by atoms with Crippen molar-refractivity contribution in [2.24, 2.45) is 0 Å². The van der Waals surface area contributed by atoms with E-state index in [1.807, 2.05) is 160 Å². The van der Waals surface area contributed by atoms with Gasteiger partial charge in [-0.25, -0.2) is 73.6 Å². The third-order valence-corrected chi connectivity index (χ3v) is 21.7. The van der Waals surface area contributed by atoms with Crippen molar-refractivity contribution in [3.8, 4) is 0 Å². The molecule has 12 aromatic rings. The Kier molecular flexibility index (Phi) is 30.0. The highest BCUT2D eigenvalue weighted by molar-refractivity contribution is 5.98. The number of fused-ring (bicyclic) bond motifs is 6. The smallest absolute Gasteiger partial charge is 0.338 e. The summed E-state index contributed by atoms with van der Waals surface area (Å²) in [5, 5.41) is 16.2. The number of hydrogen-bond acceptors (Lipinski definition) is 30. The number of rotatable bonds is 31. The fourth-order valence-corrected chi connectivity index (χ4v) is 15.8. The summed E-state index contributed by atoms with van der Waals surface area (Å²) in [6.07, 6.45) is 4.31. The van der Waals surface area contributed by atoms with Gasteiger partial charge in [0.2, 0.25) is 0 Å². The average molecular weight is 1790 g/mol. The molecular weight excluding hydrogens is 1690 g/mol. The number of benzene rings is 6. The highest BCUT2D eigenvalue weighted by Gasteiger charge is 2.57. The molecule has 39 heteroatoms. The fourth-order valence-electron chi connectivity index (χ4n) is 15.8. The van der Waals surface area contributed by atoms with E-state index in [0.717, 1.165) is 16.7 Å². The molecule has 6 fully saturated rings. The maximum atomic E-state index is 12.4. The van der Waals surface area contributed by atoms with Crippen molar-refractivity contribution < 1.29 is 99.8 Å². The maximum absolute atomic E-state index is 12.4. The molecule has 0 bridgehead atoms. The van der Waals surface area contributed by atoms with Crippen LogP contribution in [-0.4, -0.2) is 215 Å². The fraction of sp³-hybridized carbons (Fsp3) is 0.359. The number of imidazole rings is 3. The Bertz CT molecular complexity index is 5720. The lowest BCUT2D eigenvalue weighted by Gasteiger charge is -2.21. The molecular formula is C92H98N18O21. The molecule has 39 nitrogen and oxygen atoms in total. The molecule has 682 valence electrons. The summed E-state index contributed by atoms with van der Waals surface area (Å²) in [4.78, 5) is 113. The van der Waals surface area contributed by atoms with Gasteiger partial charge in [0, 0.05) is 30.8 Å². The third-order valence-electron chi connectivity index (χ3n) is 21.7. The Labute approximate surface area is 750 Å². The summed E-state index contributed by atoms with van der Waals surface area (Å²) >= 11 is 0. The van der Waals surface area contributed by atoms with E-state index in [9.17, 15) is 28.8 Å². The Morgan fingerprint density at radius 3 is 1.00 bits per heavy atom. The van der Waals surface area contributed by atoms with E-state index < -0.39 is 128 Å². The van der Waals surface area contributed by atoms with Gasteiger partial charge < -0.3 is 87.0 Å². The van der Waals surface area contributed by atoms with Gasteiger partial charge in [-0.1, -0.05) is 152 Å². The van der Waals surface area contributed by atoms with Gasteiger partial charge in [-0.15, -0.1) is 0 Å². The van der Waals surface area contributed by atoms with Crippen molar-refractivity contribution in [3.63, 3.8) is 0 Å². The Hall–Kier alpha value is -13.6. The third kappa shape index (κ3) is 21.0. The number of carbonyl (C=O) groups excluding carboxylic acids is 6. The van der Waals surface area contributed by atoms with Crippen LogP contribution in [0, 0.1) is 0 Å². The number of amides is 6. The minimum absolute atomic E-state index is 0.166. The van der Waals surface area contributed by atoms with Crippen LogP contribution in [0.3, 0.4) is 0 Å². The van der Waals surface area contributed by atoms with E-state index in [0.29, 0.717) is 86.5 Å². The Morgan fingerprint density at radius 1 is 0.351 bits per heavy atom. The van der Waals surface area contributed by atoms with Crippen LogP contribution < -0.4 is 31.9 Å². The molecule has 15 atom stereocenters. The van der Waals surface area contributed by atoms with E-state index in [1.54, 1.807) is 89.9 Å². The molecule has 6 aliphatic heterocycles. The number of anilines is 3. The second kappa shape index (κ2) is 43.2. The number of aromatic nitrogens is 12. The minimum atomic E-state index is -0.664. The van der Waals surface area contributed by atoms with Gasteiger partial charge in [-0.2, -0.15) is 0 Å². The molecule has 6 amide bonds. The second-order valence-corrected chi connectivity index (χ2v) is 30.2. The molecule has 12 unspecified atom stereocenters. The van der Waals surface area contributed by atoms with Crippen LogP contribution in [0.15, 0.2) is 208 Å². The molecule has 0 aliphatic carbocycles. The number of ether oxygens (including phenoxy) is 15. The maximum Gasteiger partial charge on any atom is 0.338 e. The normalized spacial score (nSPS) is 22.7. The summed E-state index contributed by atoms with van der Waals surface area (Å²) in [5.74, 6) is -0.374. The van der Waals surface area contributed by atoms with Gasteiger partial charge in [0.15, 0.2) is 88.5 Å². The van der Waals surface area contributed by atoms with Crippen LogP contribution in [0.2, 0.25) is 0 Å². The number of hydrogen-bond donors (Lipinski definition) is 6. The summed E-state index contributed by atoms with van der Waals surface area (Å²) in [6, 6.07) is 49.6. The zero-order valence-corrected chi connectivity index (χ0v) is 72.3. The lowest BCUT2D eigenvalue weighted by molar-refractivity contribution is -0.158. The van der Waals surface area contributed by atoms with Gasteiger partial charge in [-0.3, -0.25) is 29.7 Å².